The van der Waals surface area contributed by atoms with Gasteiger partial charge in [0.05, 0.1) is 23.9 Å². The van der Waals surface area contributed by atoms with E-state index < -0.39 is 12.0 Å². The van der Waals surface area contributed by atoms with E-state index in [0.717, 1.165) is 5.56 Å². The Labute approximate surface area is 181 Å². The minimum absolute atomic E-state index is 0.225. The van der Waals surface area contributed by atoms with Gasteiger partial charge in [0.2, 0.25) is 0 Å². The van der Waals surface area contributed by atoms with Crippen molar-refractivity contribution in [2.45, 2.75) is 19.9 Å². The highest BCUT2D eigenvalue weighted by Crippen LogP contribution is 2.30. The van der Waals surface area contributed by atoms with Crippen molar-refractivity contribution in [3.63, 3.8) is 0 Å². The molecule has 1 N–H and O–H groups in total. The third-order valence-corrected chi connectivity index (χ3v) is 5.83. The Hall–Kier alpha value is -3.52. The highest BCUT2D eigenvalue weighted by atomic mass is 32.1. The summed E-state index contributed by atoms with van der Waals surface area (Å²) in [7, 11) is 0. The number of nitrogens with zero attached hydrogens (tertiary/aromatic N) is 2. The molecular weight excluding hydrogens is 417 g/mol. The molecule has 1 aromatic heterocycles. The van der Waals surface area contributed by atoms with Gasteiger partial charge in [-0.3, -0.25) is 9.36 Å². The van der Waals surface area contributed by atoms with Gasteiger partial charge in [0.15, 0.2) is 4.80 Å². The summed E-state index contributed by atoms with van der Waals surface area (Å²) in [4.78, 5) is 31.1. The van der Waals surface area contributed by atoms with Crippen LogP contribution >= 0.6 is 11.3 Å². The standard InChI is InChI=1S/C23H20FN3O3S/c1-3-30-22(29)19-14(2)26-23-27(20(19)15-7-5-4-6-8-15)21(28)18(31-23)13-25-17-11-9-16(24)10-12-17/h4-13,20,25H,3H2,1-2H3/b18-13-/t20-/m0/s1. The van der Waals surface area contributed by atoms with E-state index in [1.807, 2.05) is 30.3 Å². The third-order valence-electron chi connectivity index (χ3n) is 4.85. The Kier molecular flexibility index (Phi) is 5.81. The SMILES string of the molecule is CCOC(=O)C1=C(C)N=c2s/c(=C\Nc3ccc(F)cc3)c(=O)n2[C@H]1c1ccccc1. The van der Waals surface area contributed by atoms with Crippen LogP contribution < -0.4 is 20.2 Å². The molecule has 0 amide bonds. The van der Waals surface area contributed by atoms with Gasteiger partial charge < -0.3 is 10.1 Å². The lowest BCUT2D eigenvalue weighted by molar-refractivity contribution is -0.139. The first-order valence-corrected chi connectivity index (χ1v) is 10.6. The van der Waals surface area contributed by atoms with Gasteiger partial charge in [0.1, 0.15) is 10.3 Å². The second-order valence-corrected chi connectivity index (χ2v) is 7.87. The number of thiazole rings is 1. The number of rotatable bonds is 5. The number of benzene rings is 2. The molecule has 1 aliphatic heterocycles. The van der Waals surface area contributed by atoms with Crippen LogP contribution in [0.15, 0.2) is 75.7 Å². The zero-order chi connectivity index (χ0) is 22.0. The summed E-state index contributed by atoms with van der Waals surface area (Å²) in [6.45, 7) is 3.71. The molecule has 158 valence electrons. The number of hydrogen-bond acceptors (Lipinski definition) is 6. The van der Waals surface area contributed by atoms with Gasteiger partial charge in [0.25, 0.3) is 5.56 Å². The van der Waals surface area contributed by atoms with Crippen molar-refractivity contribution in [1.82, 2.24) is 4.57 Å². The Morgan fingerprint density at radius 3 is 2.61 bits per heavy atom. The van der Waals surface area contributed by atoms with Gasteiger partial charge in [0, 0.05) is 11.9 Å². The first kappa shape index (κ1) is 20.7. The summed E-state index contributed by atoms with van der Waals surface area (Å²) >= 11 is 1.22. The zero-order valence-corrected chi connectivity index (χ0v) is 17.8. The molecule has 0 saturated carbocycles. The minimum atomic E-state index is -0.635. The average molecular weight is 437 g/mol. The number of anilines is 1. The van der Waals surface area contributed by atoms with Crippen LogP contribution in [0.2, 0.25) is 0 Å². The molecule has 3 aromatic rings. The van der Waals surface area contributed by atoms with Crippen molar-refractivity contribution in [2.75, 3.05) is 11.9 Å². The lowest BCUT2D eigenvalue weighted by atomic mass is 9.96. The average Bonchev–Trinajstić information content (AvgIpc) is 3.08. The Morgan fingerprint density at radius 1 is 1.23 bits per heavy atom. The molecule has 8 heteroatoms. The first-order chi connectivity index (χ1) is 15.0. The number of fused-ring (bicyclic) bond motifs is 1. The van der Waals surface area contributed by atoms with Gasteiger partial charge in [-0.05, 0) is 43.7 Å². The number of halogens is 1. The molecule has 2 heterocycles. The Morgan fingerprint density at radius 2 is 1.94 bits per heavy atom. The van der Waals surface area contributed by atoms with E-state index in [1.54, 1.807) is 32.2 Å². The molecular formula is C23H20FN3O3S. The highest BCUT2D eigenvalue weighted by molar-refractivity contribution is 7.07. The fourth-order valence-corrected chi connectivity index (χ4v) is 4.41. The van der Waals surface area contributed by atoms with Crippen LogP contribution in [0.25, 0.3) is 6.20 Å². The predicted octanol–water partition coefficient (Wildman–Crippen LogP) is 2.96. The van der Waals surface area contributed by atoms with E-state index in [2.05, 4.69) is 10.3 Å². The van der Waals surface area contributed by atoms with Crippen molar-refractivity contribution in [3.05, 3.63) is 96.9 Å². The molecule has 0 aliphatic carbocycles. The summed E-state index contributed by atoms with van der Waals surface area (Å²) in [5, 5.41) is 3.02. The van der Waals surface area contributed by atoms with Crippen molar-refractivity contribution in [2.24, 2.45) is 4.99 Å². The van der Waals surface area contributed by atoms with Crippen molar-refractivity contribution >= 4 is 29.2 Å². The van der Waals surface area contributed by atoms with E-state index in [1.165, 1.54) is 28.0 Å². The van der Waals surface area contributed by atoms with Crippen LogP contribution in [0, 0.1) is 5.82 Å². The van der Waals surface area contributed by atoms with E-state index in [-0.39, 0.29) is 18.0 Å². The Balaban J connectivity index is 1.84. The van der Waals surface area contributed by atoms with Gasteiger partial charge >= 0.3 is 5.97 Å². The molecule has 1 aliphatic rings. The molecule has 31 heavy (non-hydrogen) atoms. The maximum atomic E-state index is 13.3. The van der Waals surface area contributed by atoms with E-state index >= 15 is 0 Å². The second kappa shape index (κ2) is 8.69. The van der Waals surface area contributed by atoms with E-state index in [0.29, 0.717) is 26.3 Å². The molecule has 4 rings (SSSR count). The fraction of sp³-hybridized carbons (Fsp3) is 0.174. The topological polar surface area (TPSA) is 72.7 Å². The van der Waals surface area contributed by atoms with Crippen LogP contribution in [0.5, 0.6) is 0 Å². The number of carbonyl (C=O) groups excluding carboxylic acids is 1. The van der Waals surface area contributed by atoms with Crippen LogP contribution in [0.1, 0.15) is 25.5 Å². The molecule has 2 aromatic carbocycles. The molecule has 0 saturated heterocycles. The predicted molar refractivity (Wildman–Crippen MR) is 118 cm³/mol. The summed E-state index contributed by atoms with van der Waals surface area (Å²) in [6.07, 6.45) is 1.57. The van der Waals surface area contributed by atoms with Crippen molar-refractivity contribution in [1.29, 1.82) is 0 Å². The fourth-order valence-electron chi connectivity index (χ4n) is 3.44. The summed E-state index contributed by atoms with van der Waals surface area (Å²) in [5.74, 6) is -0.828. The molecule has 0 spiro atoms. The number of carbonyl (C=O) groups is 1. The largest absolute Gasteiger partial charge is 0.463 e. The minimum Gasteiger partial charge on any atom is -0.463 e. The highest BCUT2D eigenvalue weighted by Gasteiger charge is 2.33. The van der Waals surface area contributed by atoms with Gasteiger partial charge in [-0.1, -0.05) is 41.7 Å². The number of hydrogen-bond donors (Lipinski definition) is 1. The number of allylic oxidation sites excluding steroid dienone is 1. The lowest BCUT2D eigenvalue weighted by Crippen LogP contribution is -2.40. The third kappa shape index (κ3) is 4.06. The molecule has 1 atom stereocenters. The summed E-state index contributed by atoms with van der Waals surface area (Å²) in [6, 6.07) is 14.5. The molecule has 6 nitrogen and oxygen atoms in total. The lowest BCUT2D eigenvalue weighted by Gasteiger charge is -2.24. The zero-order valence-electron chi connectivity index (χ0n) is 17.0. The number of aromatic nitrogens is 1. The van der Waals surface area contributed by atoms with Crippen LogP contribution in [0.3, 0.4) is 0 Å². The van der Waals surface area contributed by atoms with Crippen LogP contribution in [-0.4, -0.2) is 17.1 Å². The maximum absolute atomic E-state index is 13.3. The van der Waals surface area contributed by atoms with E-state index in [4.69, 9.17) is 4.74 Å². The number of nitrogens with one attached hydrogen (secondary N) is 1. The number of esters is 1. The van der Waals surface area contributed by atoms with Crippen molar-refractivity contribution in [3.8, 4) is 0 Å². The number of ether oxygens (including phenoxy) is 1. The Bertz CT molecular complexity index is 1330. The first-order valence-electron chi connectivity index (χ1n) is 9.74. The molecule has 0 unspecified atom stereocenters. The van der Waals surface area contributed by atoms with Gasteiger partial charge in [-0.15, -0.1) is 0 Å². The quantitative estimate of drug-likeness (QED) is 0.623. The summed E-state index contributed by atoms with van der Waals surface area (Å²) < 4.78 is 20.3. The molecule has 0 radical (unpaired) electrons. The normalized spacial score (nSPS) is 16.0. The maximum Gasteiger partial charge on any atom is 0.338 e. The smallest absolute Gasteiger partial charge is 0.338 e. The van der Waals surface area contributed by atoms with Crippen molar-refractivity contribution < 1.29 is 13.9 Å². The summed E-state index contributed by atoms with van der Waals surface area (Å²) in [5.41, 5.74) is 2.03. The van der Waals surface area contributed by atoms with E-state index in [9.17, 15) is 14.0 Å². The molecule has 0 fully saturated rings. The van der Waals surface area contributed by atoms with Crippen LogP contribution in [0.4, 0.5) is 10.1 Å². The van der Waals surface area contributed by atoms with Gasteiger partial charge in [-0.2, -0.15) is 0 Å². The van der Waals surface area contributed by atoms with Gasteiger partial charge in [-0.25, -0.2) is 14.2 Å². The second-order valence-electron chi connectivity index (χ2n) is 6.86. The molecule has 0 bridgehead atoms. The monoisotopic (exact) mass is 437 g/mol. The van der Waals surface area contributed by atoms with Crippen LogP contribution in [-0.2, 0) is 9.53 Å².